The van der Waals surface area contributed by atoms with E-state index in [4.69, 9.17) is 10.5 Å². The fraction of sp³-hybridized carbons (Fsp3) is 0.200. The Bertz CT molecular complexity index is 510. The zero-order chi connectivity index (χ0) is 13.0. The summed E-state index contributed by atoms with van der Waals surface area (Å²) in [5.74, 6) is 0.462. The van der Waals surface area contributed by atoms with Crippen LogP contribution in [-0.4, -0.2) is 0 Å². The lowest BCUT2D eigenvalue weighted by atomic mass is 10.1. The van der Waals surface area contributed by atoms with Gasteiger partial charge >= 0.3 is 0 Å². The monoisotopic (exact) mass is 245 g/mol. The van der Waals surface area contributed by atoms with E-state index in [9.17, 15) is 4.39 Å². The van der Waals surface area contributed by atoms with Gasteiger partial charge in [-0.2, -0.15) is 0 Å². The molecule has 94 valence electrons. The second kappa shape index (κ2) is 5.65. The van der Waals surface area contributed by atoms with E-state index in [1.54, 1.807) is 30.3 Å². The molecule has 0 aromatic heterocycles. The summed E-state index contributed by atoms with van der Waals surface area (Å²) < 4.78 is 18.9. The second-order valence-corrected chi connectivity index (χ2v) is 4.12. The predicted molar refractivity (Wildman–Crippen MR) is 70.1 cm³/mol. The first kappa shape index (κ1) is 12.6. The van der Waals surface area contributed by atoms with E-state index >= 15 is 0 Å². The smallest absolute Gasteiger partial charge is 0.165 e. The maximum Gasteiger partial charge on any atom is 0.165 e. The van der Waals surface area contributed by atoms with Crippen LogP contribution in [0.1, 0.15) is 24.9 Å². The van der Waals surface area contributed by atoms with Gasteiger partial charge in [0, 0.05) is 6.04 Å². The third kappa shape index (κ3) is 2.87. The fourth-order valence-electron chi connectivity index (χ4n) is 1.67. The van der Waals surface area contributed by atoms with Crippen molar-refractivity contribution >= 4 is 0 Å². The van der Waals surface area contributed by atoms with Crippen molar-refractivity contribution in [3.63, 3.8) is 0 Å². The van der Waals surface area contributed by atoms with Crippen molar-refractivity contribution in [1.29, 1.82) is 0 Å². The van der Waals surface area contributed by atoms with Gasteiger partial charge in [-0.15, -0.1) is 0 Å². The molecule has 2 aromatic rings. The van der Waals surface area contributed by atoms with Crippen LogP contribution in [0.25, 0.3) is 0 Å². The molecule has 0 amide bonds. The summed E-state index contributed by atoms with van der Waals surface area (Å²) in [6.45, 7) is 2.04. The third-order valence-electron chi connectivity index (χ3n) is 2.81. The average Bonchev–Trinajstić information content (AvgIpc) is 2.41. The molecule has 18 heavy (non-hydrogen) atoms. The van der Waals surface area contributed by atoms with Gasteiger partial charge in [-0.1, -0.05) is 31.2 Å². The normalized spacial score (nSPS) is 12.2. The van der Waals surface area contributed by atoms with Crippen LogP contribution < -0.4 is 10.5 Å². The standard InChI is InChI=1S/C15H16FNO/c1-2-14(17)11-7-9-12(10-8-11)18-15-6-4-3-5-13(15)16/h3-10,14H,2,17H2,1H3/t14-/m1/s1. The number of hydrogen-bond donors (Lipinski definition) is 1. The highest BCUT2D eigenvalue weighted by Crippen LogP contribution is 2.25. The first-order valence-corrected chi connectivity index (χ1v) is 5.98. The highest BCUT2D eigenvalue weighted by Gasteiger charge is 2.05. The number of ether oxygens (including phenoxy) is 1. The van der Waals surface area contributed by atoms with Crippen LogP contribution in [0.5, 0.6) is 11.5 Å². The first-order valence-electron chi connectivity index (χ1n) is 5.98. The van der Waals surface area contributed by atoms with Crippen molar-refractivity contribution < 1.29 is 9.13 Å². The molecule has 2 N–H and O–H groups in total. The lowest BCUT2D eigenvalue weighted by Crippen LogP contribution is -2.08. The second-order valence-electron chi connectivity index (χ2n) is 4.12. The molecule has 0 saturated heterocycles. The Labute approximate surface area is 106 Å². The molecule has 0 bridgehead atoms. The Morgan fingerprint density at radius 2 is 1.78 bits per heavy atom. The zero-order valence-electron chi connectivity index (χ0n) is 10.3. The lowest BCUT2D eigenvalue weighted by molar-refractivity contribution is 0.442. The molecule has 2 nitrogen and oxygen atoms in total. The van der Waals surface area contributed by atoms with Crippen molar-refractivity contribution in [2.75, 3.05) is 0 Å². The van der Waals surface area contributed by atoms with Gasteiger partial charge in [0.2, 0.25) is 0 Å². The number of para-hydroxylation sites is 1. The molecule has 1 atom stereocenters. The van der Waals surface area contributed by atoms with Gasteiger partial charge in [0.25, 0.3) is 0 Å². The molecular weight excluding hydrogens is 229 g/mol. The minimum absolute atomic E-state index is 0.0347. The molecule has 2 aromatic carbocycles. The molecular formula is C15H16FNO. The molecule has 0 unspecified atom stereocenters. The Balaban J connectivity index is 2.14. The van der Waals surface area contributed by atoms with E-state index in [2.05, 4.69) is 0 Å². The van der Waals surface area contributed by atoms with Gasteiger partial charge < -0.3 is 10.5 Å². The highest BCUT2D eigenvalue weighted by atomic mass is 19.1. The summed E-state index contributed by atoms with van der Waals surface area (Å²) in [5.41, 5.74) is 6.97. The fourth-order valence-corrected chi connectivity index (χ4v) is 1.67. The molecule has 0 aliphatic rings. The molecule has 0 spiro atoms. The van der Waals surface area contributed by atoms with Crippen molar-refractivity contribution in [3.8, 4) is 11.5 Å². The maximum absolute atomic E-state index is 13.4. The van der Waals surface area contributed by atoms with E-state index in [0.717, 1.165) is 12.0 Å². The summed E-state index contributed by atoms with van der Waals surface area (Å²) in [5, 5.41) is 0. The van der Waals surface area contributed by atoms with Gasteiger partial charge in [0.1, 0.15) is 5.75 Å². The van der Waals surface area contributed by atoms with Crippen LogP contribution >= 0.6 is 0 Å². The SMILES string of the molecule is CC[C@@H](N)c1ccc(Oc2ccccc2F)cc1. The van der Waals surface area contributed by atoms with E-state index in [-0.39, 0.29) is 17.6 Å². The maximum atomic E-state index is 13.4. The number of halogens is 1. The highest BCUT2D eigenvalue weighted by molar-refractivity contribution is 5.34. The Morgan fingerprint density at radius 1 is 1.11 bits per heavy atom. The van der Waals surface area contributed by atoms with E-state index in [1.165, 1.54) is 6.07 Å². The van der Waals surface area contributed by atoms with Gasteiger partial charge in [-0.3, -0.25) is 0 Å². The molecule has 2 rings (SSSR count). The first-order chi connectivity index (χ1) is 8.70. The van der Waals surface area contributed by atoms with Crippen LogP contribution in [0, 0.1) is 5.82 Å². The molecule has 0 heterocycles. The largest absolute Gasteiger partial charge is 0.454 e. The van der Waals surface area contributed by atoms with Crippen molar-refractivity contribution in [2.24, 2.45) is 5.73 Å². The molecule has 0 saturated carbocycles. The topological polar surface area (TPSA) is 35.2 Å². The van der Waals surface area contributed by atoms with Crippen LogP contribution in [0.3, 0.4) is 0 Å². The average molecular weight is 245 g/mol. The number of rotatable bonds is 4. The minimum atomic E-state index is -0.369. The van der Waals surface area contributed by atoms with Gasteiger partial charge in [-0.25, -0.2) is 4.39 Å². The molecule has 0 aliphatic carbocycles. The Hall–Kier alpha value is -1.87. The Kier molecular flexibility index (Phi) is 3.95. The van der Waals surface area contributed by atoms with E-state index in [1.807, 2.05) is 19.1 Å². The molecule has 0 aliphatic heterocycles. The van der Waals surface area contributed by atoms with Crippen LogP contribution in [-0.2, 0) is 0 Å². The molecule has 3 heteroatoms. The van der Waals surface area contributed by atoms with Crippen molar-refractivity contribution in [1.82, 2.24) is 0 Å². The van der Waals surface area contributed by atoms with Crippen LogP contribution in [0.2, 0.25) is 0 Å². The van der Waals surface area contributed by atoms with Crippen molar-refractivity contribution in [3.05, 3.63) is 59.9 Å². The van der Waals surface area contributed by atoms with Gasteiger partial charge in [0.15, 0.2) is 11.6 Å². The quantitative estimate of drug-likeness (QED) is 0.882. The molecule has 0 fully saturated rings. The van der Waals surface area contributed by atoms with Crippen LogP contribution in [0.4, 0.5) is 4.39 Å². The minimum Gasteiger partial charge on any atom is -0.454 e. The third-order valence-corrected chi connectivity index (χ3v) is 2.81. The summed E-state index contributed by atoms with van der Waals surface area (Å²) in [7, 11) is 0. The number of hydrogen-bond acceptors (Lipinski definition) is 2. The van der Waals surface area contributed by atoms with Crippen LogP contribution in [0.15, 0.2) is 48.5 Å². The predicted octanol–water partition coefficient (Wildman–Crippen LogP) is 4.03. The molecule has 0 radical (unpaired) electrons. The van der Waals surface area contributed by atoms with Gasteiger partial charge in [0.05, 0.1) is 0 Å². The number of nitrogens with two attached hydrogens (primary N) is 1. The summed E-state index contributed by atoms with van der Waals surface area (Å²) >= 11 is 0. The zero-order valence-corrected chi connectivity index (χ0v) is 10.3. The summed E-state index contributed by atoms with van der Waals surface area (Å²) in [4.78, 5) is 0. The summed E-state index contributed by atoms with van der Waals surface area (Å²) in [6, 6.07) is 13.8. The van der Waals surface area contributed by atoms with Crippen molar-refractivity contribution in [2.45, 2.75) is 19.4 Å². The lowest BCUT2D eigenvalue weighted by Gasteiger charge is -2.11. The van der Waals surface area contributed by atoms with E-state index < -0.39 is 0 Å². The van der Waals surface area contributed by atoms with E-state index in [0.29, 0.717) is 5.75 Å². The summed E-state index contributed by atoms with van der Waals surface area (Å²) in [6.07, 6.45) is 0.882. The van der Waals surface area contributed by atoms with Gasteiger partial charge in [-0.05, 0) is 36.2 Å². The Morgan fingerprint density at radius 3 is 2.39 bits per heavy atom. The number of benzene rings is 2.